The first-order chi connectivity index (χ1) is 9.01. The van der Waals surface area contributed by atoms with E-state index in [9.17, 15) is 9.18 Å². The molecule has 19 heavy (non-hydrogen) atoms. The van der Waals surface area contributed by atoms with Crippen molar-refractivity contribution in [2.75, 3.05) is 0 Å². The van der Waals surface area contributed by atoms with Gasteiger partial charge in [0, 0.05) is 30.8 Å². The Hall–Kier alpha value is -1.39. The van der Waals surface area contributed by atoms with E-state index in [2.05, 4.69) is 24.3 Å². The number of halogens is 1. The maximum absolute atomic E-state index is 13.5. The van der Waals surface area contributed by atoms with E-state index < -0.39 is 5.95 Å². The van der Waals surface area contributed by atoms with Crippen molar-refractivity contribution in [2.45, 2.75) is 53.0 Å². The Morgan fingerprint density at radius 2 is 1.95 bits per heavy atom. The van der Waals surface area contributed by atoms with Crippen molar-refractivity contribution < 1.29 is 9.18 Å². The zero-order valence-corrected chi connectivity index (χ0v) is 12.3. The van der Waals surface area contributed by atoms with Crippen LogP contribution in [0.2, 0.25) is 0 Å². The molecule has 0 spiro atoms. The molecule has 1 N–H and O–H groups in total. The molecule has 0 aliphatic carbocycles. The Morgan fingerprint density at radius 3 is 2.37 bits per heavy atom. The van der Waals surface area contributed by atoms with Gasteiger partial charge in [-0.3, -0.25) is 9.48 Å². The average molecular weight is 269 g/mol. The van der Waals surface area contributed by atoms with Crippen molar-refractivity contribution in [3.63, 3.8) is 0 Å². The molecule has 1 heterocycles. The second-order valence-corrected chi connectivity index (χ2v) is 4.97. The molecule has 0 aliphatic heterocycles. The van der Waals surface area contributed by atoms with Gasteiger partial charge in [-0.15, -0.1) is 5.10 Å². The van der Waals surface area contributed by atoms with Crippen LogP contribution in [-0.4, -0.2) is 15.7 Å². The lowest BCUT2D eigenvalue weighted by molar-refractivity contribution is -0.125. The third kappa shape index (κ3) is 4.04. The predicted octanol–water partition coefficient (Wildman–Crippen LogP) is 2.70. The van der Waals surface area contributed by atoms with Crippen molar-refractivity contribution in [3.05, 3.63) is 17.2 Å². The lowest BCUT2D eigenvalue weighted by Gasteiger charge is -2.15. The molecule has 0 saturated heterocycles. The Bertz CT molecular complexity index is 423. The van der Waals surface area contributed by atoms with Crippen molar-refractivity contribution in [1.29, 1.82) is 0 Å². The van der Waals surface area contributed by atoms with E-state index in [1.807, 2.05) is 0 Å². The highest BCUT2D eigenvalue weighted by Crippen LogP contribution is 2.15. The van der Waals surface area contributed by atoms with Gasteiger partial charge in [0.25, 0.3) is 0 Å². The first-order valence-electron chi connectivity index (χ1n) is 6.96. The van der Waals surface area contributed by atoms with Gasteiger partial charge < -0.3 is 5.32 Å². The summed E-state index contributed by atoms with van der Waals surface area (Å²) in [6.45, 7) is 6.16. The first kappa shape index (κ1) is 15.7. The summed E-state index contributed by atoms with van der Waals surface area (Å²) in [7, 11) is 1.70. The van der Waals surface area contributed by atoms with Crippen molar-refractivity contribution in [1.82, 2.24) is 15.1 Å². The molecule has 0 aliphatic rings. The lowest BCUT2D eigenvalue weighted by atomic mass is 9.97. The van der Waals surface area contributed by atoms with E-state index in [0.29, 0.717) is 5.56 Å². The van der Waals surface area contributed by atoms with Crippen LogP contribution in [0.15, 0.2) is 0 Å². The number of hydrogen-bond acceptors (Lipinski definition) is 2. The van der Waals surface area contributed by atoms with Gasteiger partial charge in [0.05, 0.1) is 0 Å². The van der Waals surface area contributed by atoms with Crippen molar-refractivity contribution in [3.8, 4) is 0 Å². The minimum Gasteiger partial charge on any atom is -0.352 e. The quantitative estimate of drug-likeness (QED) is 0.827. The zero-order valence-electron chi connectivity index (χ0n) is 12.3. The molecule has 4 nitrogen and oxygen atoms in total. The number of nitrogens with zero attached hydrogens (tertiary/aromatic N) is 2. The minimum atomic E-state index is -0.497. The fraction of sp³-hybridized carbons (Fsp3) is 0.714. The van der Waals surface area contributed by atoms with Gasteiger partial charge in [-0.1, -0.05) is 26.7 Å². The molecule has 0 atom stereocenters. The molecule has 108 valence electrons. The third-order valence-electron chi connectivity index (χ3n) is 3.49. The smallest absolute Gasteiger partial charge is 0.237 e. The fourth-order valence-electron chi connectivity index (χ4n) is 2.24. The molecule has 0 unspecified atom stereocenters. The van der Waals surface area contributed by atoms with E-state index in [1.165, 1.54) is 4.68 Å². The molecule has 0 fully saturated rings. The summed E-state index contributed by atoms with van der Waals surface area (Å²) < 4.78 is 15.0. The normalized spacial score (nSPS) is 11.1. The molecule has 0 aromatic carbocycles. The topological polar surface area (TPSA) is 46.9 Å². The van der Waals surface area contributed by atoms with Crippen LogP contribution < -0.4 is 5.32 Å². The monoisotopic (exact) mass is 269 g/mol. The summed E-state index contributed by atoms with van der Waals surface area (Å²) in [6, 6.07) is 0. The summed E-state index contributed by atoms with van der Waals surface area (Å²) in [6.07, 6.45) is 3.74. The lowest BCUT2D eigenvalue weighted by Crippen LogP contribution is -2.30. The number of amides is 1. The second kappa shape index (κ2) is 7.26. The molecule has 0 saturated carbocycles. The van der Waals surface area contributed by atoms with Gasteiger partial charge in [-0.2, -0.15) is 4.39 Å². The van der Waals surface area contributed by atoms with E-state index in [1.54, 1.807) is 14.0 Å². The number of carbonyl (C=O) groups excluding carboxylic acids is 1. The molecular formula is C14H24FN3O. The zero-order chi connectivity index (χ0) is 14.4. The van der Waals surface area contributed by atoms with Gasteiger partial charge in [0.1, 0.15) is 0 Å². The van der Waals surface area contributed by atoms with Crippen LogP contribution in [-0.2, 0) is 18.4 Å². The number of aryl methyl sites for hydroxylation is 1. The van der Waals surface area contributed by atoms with Gasteiger partial charge in [-0.05, 0) is 19.8 Å². The van der Waals surface area contributed by atoms with Gasteiger partial charge in [-0.25, -0.2) is 0 Å². The largest absolute Gasteiger partial charge is 0.352 e. The molecule has 1 aromatic heterocycles. The summed E-state index contributed by atoms with van der Waals surface area (Å²) >= 11 is 0. The van der Waals surface area contributed by atoms with E-state index in [-0.39, 0.29) is 18.4 Å². The highest BCUT2D eigenvalue weighted by molar-refractivity contribution is 5.78. The standard InChI is InChI=1S/C14H24FN3O/c1-5-7-11(8-6-2)14(19)16-9-12-10(3)18(4)17-13(12)15/h11H,5-9H2,1-4H3,(H,16,19). The highest BCUT2D eigenvalue weighted by atomic mass is 19.1. The SMILES string of the molecule is CCCC(CCC)C(=O)NCc1c(F)nn(C)c1C. The average Bonchev–Trinajstić information content (AvgIpc) is 2.61. The molecule has 0 bridgehead atoms. The Kier molecular flexibility index (Phi) is 5.99. The predicted molar refractivity (Wildman–Crippen MR) is 73.1 cm³/mol. The van der Waals surface area contributed by atoms with Crippen molar-refractivity contribution in [2.24, 2.45) is 13.0 Å². The van der Waals surface area contributed by atoms with Crippen LogP contribution in [0.1, 0.15) is 50.8 Å². The molecule has 5 heteroatoms. The van der Waals surface area contributed by atoms with Crippen LogP contribution in [0.25, 0.3) is 0 Å². The summed E-state index contributed by atoms with van der Waals surface area (Å²) in [4.78, 5) is 12.1. The van der Waals surface area contributed by atoms with Crippen LogP contribution in [0.5, 0.6) is 0 Å². The maximum atomic E-state index is 13.5. The van der Waals surface area contributed by atoms with E-state index >= 15 is 0 Å². The molecule has 0 radical (unpaired) electrons. The third-order valence-corrected chi connectivity index (χ3v) is 3.49. The molecule has 1 aromatic rings. The molecular weight excluding hydrogens is 245 g/mol. The van der Waals surface area contributed by atoms with Crippen LogP contribution >= 0.6 is 0 Å². The summed E-state index contributed by atoms with van der Waals surface area (Å²) in [5.41, 5.74) is 1.22. The number of aromatic nitrogens is 2. The summed E-state index contributed by atoms with van der Waals surface area (Å²) in [5, 5.41) is 6.54. The van der Waals surface area contributed by atoms with Crippen molar-refractivity contribution >= 4 is 5.91 Å². The van der Waals surface area contributed by atoms with Gasteiger partial charge in [0.2, 0.25) is 11.9 Å². The first-order valence-corrected chi connectivity index (χ1v) is 6.96. The minimum absolute atomic E-state index is 0.0198. The second-order valence-electron chi connectivity index (χ2n) is 4.97. The Labute approximate surface area is 114 Å². The number of nitrogens with one attached hydrogen (secondary N) is 1. The number of carbonyl (C=O) groups is 1. The number of rotatable bonds is 7. The highest BCUT2D eigenvalue weighted by Gasteiger charge is 2.18. The summed E-state index contributed by atoms with van der Waals surface area (Å²) in [5.74, 6) is -0.441. The van der Waals surface area contributed by atoms with Crippen LogP contribution in [0.4, 0.5) is 4.39 Å². The van der Waals surface area contributed by atoms with Crippen LogP contribution in [0.3, 0.4) is 0 Å². The molecule has 1 rings (SSSR count). The van der Waals surface area contributed by atoms with Gasteiger partial charge in [0.15, 0.2) is 0 Å². The van der Waals surface area contributed by atoms with Gasteiger partial charge >= 0.3 is 0 Å². The fourth-order valence-corrected chi connectivity index (χ4v) is 2.24. The molecule has 1 amide bonds. The Balaban J connectivity index is 2.62. The Morgan fingerprint density at radius 1 is 1.37 bits per heavy atom. The van der Waals surface area contributed by atoms with Crippen LogP contribution in [0, 0.1) is 18.8 Å². The van der Waals surface area contributed by atoms with E-state index in [0.717, 1.165) is 31.4 Å². The van der Waals surface area contributed by atoms with E-state index in [4.69, 9.17) is 0 Å². The maximum Gasteiger partial charge on any atom is 0.237 e. The number of hydrogen-bond donors (Lipinski definition) is 1.